The van der Waals surface area contributed by atoms with Gasteiger partial charge in [0.05, 0.1) is 0 Å². The normalized spacial score (nSPS) is 12.1. The molecule has 0 saturated heterocycles. The van der Waals surface area contributed by atoms with Crippen LogP contribution >= 0.6 is 0 Å². The van der Waals surface area contributed by atoms with Crippen molar-refractivity contribution in [2.75, 3.05) is 14.2 Å². The summed E-state index contributed by atoms with van der Waals surface area (Å²) in [7, 11) is -3.84. The molecule has 30 heavy (non-hydrogen) atoms. The minimum absolute atomic E-state index is 0. The van der Waals surface area contributed by atoms with Crippen LogP contribution in [0.5, 0.6) is 0 Å². The van der Waals surface area contributed by atoms with Crippen molar-refractivity contribution < 1.29 is 59.2 Å². The Labute approximate surface area is 192 Å². The molecule has 1 heterocycles. The Morgan fingerprint density at radius 2 is 1.57 bits per heavy atom. The minimum Gasteiger partial charge on any atom is -0.400 e. The van der Waals surface area contributed by atoms with E-state index in [-0.39, 0.29) is 20.1 Å². The summed E-state index contributed by atoms with van der Waals surface area (Å²) >= 11 is 0. The van der Waals surface area contributed by atoms with Gasteiger partial charge in [-0.05, 0) is 23.0 Å². The van der Waals surface area contributed by atoms with Crippen molar-refractivity contribution in [2.45, 2.75) is 32.7 Å². The first-order valence-electron chi connectivity index (χ1n) is 8.94. The summed E-state index contributed by atoms with van der Waals surface area (Å²) < 4.78 is 74.0. The maximum Gasteiger partial charge on any atom is 0.522 e. The van der Waals surface area contributed by atoms with Crippen LogP contribution in [0.3, 0.4) is 0 Å². The average Bonchev–Trinajstić information content (AvgIpc) is 2.70. The number of hydrogen-bond acceptors (Lipinski definition) is 5. The van der Waals surface area contributed by atoms with Gasteiger partial charge in [-0.25, -0.2) is 0 Å². The molecule has 0 unspecified atom stereocenters. The molecule has 0 atom stereocenters. The SMILES string of the molecule is CO.CO.O=S(=O)(O)C(F)(F)F.[2H]C([2H])(c1ccc(-c2[c-]cccc2)nc1)C(C)(C)C.[Ir]. The van der Waals surface area contributed by atoms with Crippen LogP contribution in [0.25, 0.3) is 11.3 Å². The van der Waals surface area contributed by atoms with Gasteiger partial charge in [0.1, 0.15) is 0 Å². The summed E-state index contributed by atoms with van der Waals surface area (Å²) in [5.74, 6) is 0. The fourth-order valence-electron chi connectivity index (χ4n) is 1.61. The van der Waals surface area contributed by atoms with Crippen LogP contribution in [-0.2, 0) is 36.6 Å². The molecule has 0 aliphatic carbocycles. The van der Waals surface area contributed by atoms with Gasteiger partial charge in [0.15, 0.2) is 0 Å². The van der Waals surface area contributed by atoms with Gasteiger partial charge in [-0.1, -0.05) is 32.9 Å². The van der Waals surface area contributed by atoms with Crippen molar-refractivity contribution in [3.05, 3.63) is 54.2 Å². The van der Waals surface area contributed by atoms with Crippen molar-refractivity contribution in [1.29, 1.82) is 0 Å². The Morgan fingerprint density at radius 1 is 1.07 bits per heavy atom. The molecule has 1 aromatic heterocycles. The number of aliphatic hydroxyl groups is 2. The second-order valence-electron chi connectivity index (χ2n) is 6.00. The molecule has 2 rings (SSSR count). The van der Waals surface area contributed by atoms with E-state index >= 15 is 0 Å². The third-order valence-corrected chi connectivity index (χ3v) is 3.15. The van der Waals surface area contributed by atoms with Crippen LogP contribution in [0, 0.1) is 11.5 Å². The van der Waals surface area contributed by atoms with Crippen LogP contribution in [0.2, 0.25) is 0 Å². The van der Waals surface area contributed by atoms with Crippen LogP contribution in [0.1, 0.15) is 29.1 Å². The summed E-state index contributed by atoms with van der Waals surface area (Å²) in [6, 6.07) is 14.4. The zero-order valence-electron chi connectivity index (χ0n) is 19.0. The van der Waals surface area contributed by atoms with Gasteiger partial charge >= 0.3 is 15.6 Å². The first-order chi connectivity index (χ1) is 14.1. The molecule has 3 N–H and O–H groups in total. The summed E-state index contributed by atoms with van der Waals surface area (Å²) in [5.41, 5.74) is -3.65. The van der Waals surface area contributed by atoms with Gasteiger partial charge in [0.2, 0.25) is 0 Å². The Kier molecular flexibility index (Phi) is 14.7. The van der Waals surface area contributed by atoms with Gasteiger partial charge in [0, 0.05) is 43.3 Å². The first kappa shape index (κ1) is 28.6. The van der Waals surface area contributed by atoms with Crippen LogP contribution in [0.15, 0.2) is 42.6 Å². The van der Waals surface area contributed by atoms with Crippen molar-refractivity contribution in [1.82, 2.24) is 4.98 Å². The number of pyridine rings is 1. The zero-order valence-corrected chi connectivity index (χ0v) is 20.2. The topological polar surface area (TPSA) is 108 Å². The Balaban J connectivity index is -0.000000550. The van der Waals surface area contributed by atoms with E-state index in [1.54, 1.807) is 6.20 Å². The number of rotatable bonds is 2. The molecule has 2 aromatic rings. The Hall–Kier alpha value is -1.36. The molecular weight excluding hydrogens is 603 g/mol. The molecular formula is C19H27F3IrNO5S-. The average molecular weight is 633 g/mol. The number of nitrogens with zero attached hydrogens (tertiary/aromatic N) is 1. The monoisotopic (exact) mass is 633 g/mol. The minimum atomic E-state index is -5.84. The van der Waals surface area contributed by atoms with Gasteiger partial charge in [-0.2, -0.15) is 21.6 Å². The van der Waals surface area contributed by atoms with E-state index < -0.39 is 27.4 Å². The predicted molar refractivity (Wildman–Crippen MR) is 106 cm³/mol. The summed E-state index contributed by atoms with van der Waals surface area (Å²) in [5, 5.41) is 14.0. The van der Waals surface area contributed by atoms with E-state index in [1.165, 1.54) is 0 Å². The van der Waals surface area contributed by atoms with Crippen LogP contribution in [-0.4, -0.2) is 47.9 Å². The molecule has 0 aliphatic rings. The quantitative estimate of drug-likeness (QED) is 0.265. The number of aromatic nitrogens is 1. The maximum atomic E-state index is 10.7. The molecule has 1 radical (unpaired) electrons. The molecule has 0 spiro atoms. The van der Waals surface area contributed by atoms with Crippen LogP contribution in [0.4, 0.5) is 13.2 Å². The third kappa shape index (κ3) is 14.6. The zero-order chi connectivity index (χ0) is 25.1. The summed E-state index contributed by atoms with van der Waals surface area (Å²) in [6.45, 7) is 5.68. The van der Waals surface area contributed by atoms with Crippen molar-refractivity contribution in [2.24, 2.45) is 5.41 Å². The molecule has 1 aromatic carbocycles. The van der Waals surface area contributed by atoms with E-state index in [2.05, 4.69) is 11.1 Å². The Bertz CT molecular complexity index is 861. The van der Waals surface area contributed by atoms with Gasteiger partial charge in [-0.3, -0.25) is 4.55 Å². The summed E-state index contributed by atoms with van der Waals surface area (Å²) in [4.78, 5) is 4.36. The second-order valence-corrected chi connectivity index (χ2v) is 7.42. The van der Waals surface area contributed by atoms with Gasteiger partial charge in [-0.15, -0.1) is 35.9 Å². The predicted octanol–water partition coefficient (Wildman–Crippen LogP) is 3.75. The van der Waals surface area contributed by atoms with Gasteiger partial charge < -0.3 is 15.2 Å². The van der Waals surface area contributed by atoms with Crippen LogP contribution < -0.4 is 0 Å². The van der Waals surface area contributed by atoms with Crippen molar-refractivity contribution >= 4 is 10.1 Å². The second kappa shape index (κ2) is 15.4. The molecule has 0 saturated carbocycles. The molecule has 0 bridgehead atoms. The van der Waals surface area contributed by atoms with Crippen molar-refractivity contribution in [3.63, 3.8) is 0 Å². The van der Waals surface area contributed by atoms with Gasteiger partial charge in [0.25, 0.3) is 0 Å². The summed E-state index contributed by atoms with van der Waals surface area (Å²) in [6.07, 6.45) is 0.223. The molecule has 175 valence electrons. The van der Waals surface area contributed by atoms with E-state index in [0.29, 0.717) is 5.56 Å². The number of aliphatic hydroxyl groups excluding tert-OH is 2. The smallest absolute Gasteiger partial charge is 0.400 e. The largest absolute Gasteiger partial charge is 0.522 e. The molecule has 0 fully saturated rings. The van der Waals surface area contributed by atoms with Crippen molar-refractivity contribution in [3.8, 4) is 11.3 Å². The first-order valence-corrected chi connectivity index (χ1v) is 9.38. The number of alkyl halides is 3. The number of benzene rings is 1. The van der Waals surface area contributed by atoms with E-state index in [4.69, 9.17) is 25.9 Å². The van der Waals surface area contributed by atoms with E-state index in [9.17, 15) is 13.2 Å². The Morgan fingerprint density at radius 3 is 1.87 bits per heavy atom. The molecule has 6 nitrogen and oxygen atoms in total. The maximum absolute atomic E-state index is 10.7. The van der Waals surface area contributed by atoms with E-state index in [0.717, 1.165) is 25.5 Å². The standard InChI is InChI=1S/C16H18N.CHF3O3S.2CH4O.Ir/c1-16(2,3)11-13-9-10-15(17-12-13)14-7-5-4-6-8-14;2-1(3,4)8(5,6)7;2*1-2;/h4-7,9-10,12H,11H2,1-3H3;(H,5,6,7);2*2H,1H3;/q-1;;;;/i11D2;;;;. The molecule has 0 amide bonds. The fraction of sp³-hybridized carbons (Fsp3) is 0.421. The molecule has 11 heteroatoms. The van der Waals surface area contributed by atoms with E-state index in [1.807, 2.05) is 57.2 Å². The number of halogens is 3. The third-order valence-electron chi connectivity index (χ3n) is 2.56. The number of hydrogen-bond donors (Lipinski definition) is 3. The molecule has 0 aliphatic heterocycles. The fourth-order valence-corrected chi connectivity index (χ4v) is 1.61.